The van der Waals surface area contributed by atoms with Crippen LogP contribution in [0, 0.1) is 5.92 Å². The van der Waals surface area contributed by atoms with Gasteiger partial charge in [0.25, 0.3) is 11.8 Å². The molecule has 2 aliphatic heterocycles. The quantitative estimate of drug-likeness (QED) is 0.796. The molecule has 0 aliphatic carbocycles. The van der Waals surface area contributed by atoms with Gasteiger partial charge in [0.05, 0.1) is 11.6 Å². The molecule has 1 fully saturated rings. The average Bonchev–Trinajstić information content (AvgIpc) is 2.83. The lowest BCUT2D eigenvalue weighted by atomic mass is 9.96. The molecule has 2 aliphatic rings. The number of halogens is 1. The van der Waals surface area contributed by atoms with Crippen LogP contribution in [0.5, 0.6) is 5.75 Å². The summed E-state index contributed by atoms with van der Waals surface area (Å²) >= 11 is 6.11. The van der Waals surface area contributed by atoms with Crippen LogP contribution in [-0.4, -0.2) is 42.6 Å². The van der Waals surface area contributed by atoms with Gasteiger partial charge in [0.15, 0.2) is 0 Å². The minimum atomic E-state index is -0.270. The summed E-state index contributed by atoms with van der Waals surface area (Å²) in [6.07, 6.45) is 3.08. The SMILES string of the molecule is O=C1C=CC(=O)N1CC1CCOCC1Oc1ccccc1Cl. The van der Waals surface area contributed by atoms with Gasteiger partial charge in [0.2, 0.25) is 0 Å². The van der Waals surface area contributed by atoms with Crippen molar-refractivity contribution in [1.82, 2.24) is 4.90 Å². The van der Waals surface area contributed by atoms with E-state index in [4.69, 9.17) is 21.1 Å². The zero-order chi connectivity index (χ0) is 15.5. The maximum absolute atomic E-state index is 11.7. The molecule has 0 radical (unpaired) electrons. The van der Waals surface area contributed by atoms with Crippen LogP contribution in [0.2, 0.25) is 5.02 Å². The fourth-order valence-corrected chi connectivity index (χ4v) is 2.82. The van der Waals surface area contributed by atoms with E-state index in [0.29, 0.717) is 30.5 Å². The predicted octanol–water partition coefficient (Wildman–Crippen LogP) is 2.05. The number of imide groups is 1. The van der Waals surface area contributed by atoms with E-state index in [1.807, 2.05) is 12.1 Å². The van der Waals surface area contributed by atoms with Crippen molar-refractivity contribution in [1.29, 1.82) is 0 Å². The van der Waals surface area contributed by atoms with Crippen molar-refractivity contribution < 1.29 is 19.1 Å². The highest BCUT2D eigenvalue weighted by molar-refractivity contribution is 6.32. The molecule has 0 saturated carbocycles. The normalized spacial score (nSPS) is 24.9. The van der Waals surface area contributed by atoms with Crippen LogP contribution in [-0.2, 0) is 14.3 Å². The van der Waals surface area contributed by atoms with E-state index in [1.54, 1.807) is 12.1 Å². The molecule has 2 unspecified atom stereocenters. The fraction of sp³-hybridized carbons (Fsp3) is 0.375. The number of para-hydroxylation sites is 1. The largest absolute Gasteiger partial charge is 0.486 e. The van der Waals surface area contributed by atoms with E-state index in [0.717, 1.165) is 6.42 Å². The Morgan fingerprint density at radius 2 is 1.95 bits per heavy atom. The van der Waals surface area contributed by atoms with Crippen LogP contribution in [0.1, 0.15) is 6.42 Å². The van der Waals surface area contributed by atoms with Gasteiger partial charge in [-0.05, 0) is 18.6 Å². The maximum atomic E-state index is 11.7. The highest BCUT2D eigenvalue weighted by Crippen LogP contribution is 2.28. The van der Waals surface area contributed by atoms with Crippen molar-refractivity contribution in [3.05, 3.63) is 41.4 Å². The average molecular weight is 322 g/mol. The lowest BCUT2D eigenvalue weighted by Crippen LogP contribution is -2.45. The second-order valence-electron chi connectivity index (χ2n) is 5.33. The van der Waals surface area contributed by atoms with Crippen molar-refractivity contribution >= 4 is 23.4 Å². The Balaban J connectivity index is 1.70. The van der Waals surface area contributed by atoms with E-state index < -0.39 is 0 Å². The minimum absolute atomic E-state index is 0.0258. The van der Waals surface area contributed by atoms with Gasteiger partial charge < -0.3 is 9.47 Å². The Morgan fingerprint density at radius 1 is 1.23 bits per heavy atom. The number of hydrogen-bond donors (Lipinski definition) is 0. The second-order valence-corrected chi connectivity index (χ2v) is 5.74. The molecule has 6 heteroatoms. The van der Waals surface area contributed by atoms with Gasteiger partial charge in [-0.15, -0.1) is 0 Å². The standard InChI is InChI=1S/C16H16ClNO4/c17-12-3-1-2-4-13(12)22-14-10-21-8-7-11(14)9-18-15(19)5-6-16(18)20/h1-6,11,14H,7-10H2. The van der Waals surface area contributed by atoms with Crippen LogP contribution in [0.15, 0.2) is 36.4 Å². The molecule has 22 heavy (non-hydrogen) atoms. The van der Waals surface area contributed by atoms with E-state index in [2.05, 4.69) is 0 Å². The Morgan fingerprint density at radius 3 is 2.68 bits per heavy atom. The van der Waals surface area contributed by atoms with Crippen molar-refractivity contribution in [3.8, 4) is 5.75 Å². The summed E-state index contributed by atoms with van der Waals surface area (Å²) < 4.78 is 11.4. The van der Waals surface area contributed by atoms with Crippen molar-refractivity contribution in [3.63, 3.8) is 0 Å². The lowest BCUT2D eigenvalue weighted by Gasteiger charge is -2.33. The molecule has 3 rings (SSSR count). The number of rotatable bonds is 4. The third-order valence-electron chi connectivity index (χ3n) is 3.87. The van der Waals surface area contributed by atoms with Gasteiger partial charge in [-0.2, -0.15) is 0 Å². The monoisotopic (exact) mass is 321 g/mol. The van der Waals surface area contributed by atoms with Crippen LogP contribution >= 0.6 is 11.6 Å². The van der Waals surface area contributed by atoms with Crippen molar-refractivity contribution in [2.24, 2.45) is 5.92 Å². The topological polar surface area (TPSA) is 55.8 Å². The highest BCUT2D eigenvalue weighted by Gasteiger charge is 2.33. The van der Waals surface area contributed by atoms with E-state index in [9.17, 15) is 9.59 Å². The molecule has 0 aromatic heterocycles. The van der Waals surface area contributed by atoms with E-state index >= 15 is 0 Å². The number of ether oxygens (including phenoxy) is 2. The molecule has 0 N–H and O–H groups in total. The van der Waals surface area contributed by atoms with Gasteiger partial charge in [-0.3, -0.25) is 14.5 Å². The van der Waals surface area contributed by atoms with Crippen molar-refractivity contribution in [2.45, 2.75) is 12.5 Å². The Hall–Kier alpha value is -1.85. The molecule has 2 atom stereocenters. The molecule has 0 bridgehead atoms. The number of amides is 2. The number of nitrogens with zero attached hydrogens (tertiary/aromatic N) is 1. The van der Waals surface area contributed by atoms with Gasteiger partial charge in [0, 0.05) is 31.2 Å². The van der Waals surface area contributed by atoms with Gasteiger partial charge >= 0.3 is 0 Å². The molecule has 116 valence electrons. The fourth-order valence-electron chi connectivity index (χ4n) is 2.64. The Kier molecular flexibility index (Phi) is 4.45. The summed E-state index contributed by atoms with van der Waals surface area (Å²) in [5, 5.41) is 0.529. The summed E-state index contributed by atoms with van der Waals surface area (Å²) in [6, 6.07) is 7.23. The maximum Gasteiger partial charge on any atom is 0.253 e. The molecule has 2 heterocycles. The number of carbonyl (C=O) groups is 2. The number of benzene rings is 1. The highest BCUT2D eigenvalue weighted by atomic mass is 35.5. The molecule has 5 nitrogen and oxygen atoms in total. The third-order valence-corrected chi connectivity index (χ3v) is 4.19. The number of carbonyl (C=O) groups excluding carboxylic acids is 2. The summed E-state index contributed by atoms with van der Waals surface area (Å²) in [5.41, 5.74) is 0. The van der Waals surface area contributed by atoms with Crippen molar-refractivity contribution in [2.75, 3.05) is 19.8 Å². The molecule has 1 saturated heterocycles. The molecule has 1 aromatic rings. The molecule has 2 amide bonds. The Bertz CT molecular complexity index is 598. The van der Waals surface area contributed by atoms with Crippen LogP contribution in [0.3, 0.4) is 0 Å². The lowest BCUT2D eigenvalue weighted by molar-refractivity contribution is -0.139. The summed E-state index contributed by atoms with van der Waals surface area (Å²) in [6.45, 7) is 1.35. The first-order valence-electron chi connectivity index (χ1n) is 7.17. The second kappa shape index (κ2) is 6.50. The van der Waals surface area contributed by atoms with Crippen LogP contribution in [0.25, 0.3) is 0 Å². The van der Waals surface area contributed by atoms with Gasteiger partial charge in [0.1, 0.15) is 11.9 Å². The van der Waals surface area contributed by atoms with Gasteiger partial charge in [-0.25, -0.2) is 0 Å². The molecular formula is C16H16ClNO4. The van der Waals surface area contributed by atoms with Crippen LogP contribution in [0.4, 0.5) is 0 Å². The van der Waals surface area contributed by atoms with Crippen LogP contribution < -0.4 is 4.74 Å². The summed E-state index contributed by atoms with van der Waals surface area (Å²) in [7, 11) is 0. The Labute approximate surface area is 133 Å². The predicted molar refractivity (Wildman–Crippen MR) is 80.7 cm³/mol. The zero-order valence-electron chi connectivity index (χ0n) is 11.9. The molecule has 0 spiro atoms. The molecule has 1 aromatic carbocycles. The minimum Gasteiger partial charge on any atom is -0.486 e. The summed E-state index contributed by atoms with van der Waals surface area (Å²) in [5.74, 6) is 0.0701. The van der Waals surface area contributed by atoms with Gasteiger partial charge in [-0.1, -0.05) is 23.7 Å². The number of hydrogen-bond acceptors (Lipinski definition) is 4. The first-order chi connectivity index (χ1) is 10.6. The first kappa shape index (κ1) is 15.1. The zero-order valence-corrected chi connectivity index (χ0v) is 12.7. The smallest absolute Gasteiger partial charge is 0.253 e. The van der Waals surface area contributed by atoms with E-state index in [1.165, 1.54) is 17.1 Å². The van der Waals surface area contributed by atoms with E-state index in [-0.39, 0.29) is 23.8 Å². The first-order valence-corrected chi connectivity index (χ1v) is 7.55. The third kappa shape index (κ3) is 3.15. The molecular weight excluding hydrogens is 306 g/mol. The summed E-state index contributed by atoms with van der Waals surface area (Å²) in [4.78, 5) is 24.7.